The number of hydrogen-bond acceptors (Lipinski definition) is 7. The average molecular weight is 374 g/mol. The van der Waals surface area contributed by atoms with Gasteiger partial charge in [-0.1, -0.05) is 11.2 Å². The molecule has 0 saturated carbocycles. The van der Waals surface area contributed by atoms with Gasteiger partial charge in [-0.05, 0) is 30.5 Å². The first-order chi connectivity index (χ1) is 13.1. The summed E-state index contributed by atoms with van der Waals surface area (Å²) in [6.07, 6.45) is 2.17. The third-order valence-corrected chi connectivity index (χ3v) is 4.72. The highest BCUT2D eigenvalue weighted by atomic mass is 16.5. The maximum Gasteiger partial charge on any atom is 0.318 e. The molecular formula is C19H26N4O4. The van der Waals surface area contributed by atoms with Gasteiger partial charge in [0.1, 0.15) is 0 Å². The lowest BCUT2D eigenvalue weighted by atomic mass is 10.1. The van der Waals surface area contributed by atoms with E-state index in [4.69, 9.17) is 13.9 Å². The van der Waals surface area contributed by atoms with Gasteiger partial charge in [-0.15, -0.1) is 5.10 Å². The summed E-state index contributed by atoms with van der Waals surface area (Å²) in [5.41, 5.74) is 1.14. The Balaban J connectivity index is 1.44. The van der Waals surface area contributed by atoms with Crippen LogP contribution in [-0.2, 0) is 11.2 Å². The van der Waals surface area contributed by atoms with Gasteiger partial charge in [0, 0.05) is 39.5 Å². The normalized spacial score (nSPS) is 14.3. The number of aryl methyl sites for hydroxylation is 2. The second kappa shape index (κ2) is 8.75. The summed E-state index contributed by atoms with van der Waals surface area (Å²) in [6.45, 7) is 4.55. The molecule has 1 aromatic heterocycles. The lowest BCUT2D eigenvalue weighted by molar-refractivity contribution is -0.131. The third kappa shape index (κ3) is 4.69. The number of carbonyl (C=O) groups is 1. The molecule has 2 aromatic rings. The quantitative estimate of drug-likeness (QED) is 0.734. The molecule has 0 atom stereocenters. The van der Waals surface area contributed by atoms with Crippen LogP contribution in [0.15, 0.2) is 22.6 Å². The van der Waals surface area contributed by atoms with Crippen LogP contribution in [0.3, 0.4) is 0 Å². The standard InChI is InChI=1S/C19H26N4O4/c1-14-20-21-19(27-14)23-11-9-22(10-12-23)18(24)6-4-5-15-7-8-16(25-2)17(13-15)26-3/h7-8,13H,4-6,9-12H2,1-3H3. The largest absolute Gasteiger partial charge is 0.493 e. The van der Waals surface area contributed by atoms with E-state index in [1.807, 2.05) is 28.0 Å². The van der Waals surface area contributed by atoms with E-state index < -0.39 is 0 Å². The highest BCUT2D eigenvalue weighted by molar-refractivity contribution is 5.76. The molecular weight excluding hydrogens is 348 g/mol. The number of piperazine rings is 1. The lowest BCUT2D eigenvalue weighted by Crippen LogP contribution is -2.48. The van der Waals surface area contributed by atoms with Crippen molar-refractivity contribution in [2.45, 2.75) is 26.2 Å². The van der Waals surface area contributed by atoms with E-state index in [0.717, 1.165) is 18.4 Å². The van der Waals surface area contributed by atoms with E-state index in [1.165, 1.54) is 0 Å². The molecule has 1 aromatic carbocycles. The number of hydrogen-bond donors (Lipinski definition) is 0. The number of aromatic nitrogens is 2. The van der Waals surface area contributed by atoms with Gasteiger partial charge >= 0.3 is 6.01 Å². The zero-order valence-electron chi connectivity index (χ0n) is 16.1. The van der Waals surface area contributed by atoms with Gasteiger partial charge in [-0.3, -0.25) is 4.79 Å². The maximum absolute atomic E-state index is 12.5. The predicted molar refractivity (Wildman–Crippen MR) is 100 cm³/mol. The summed E-state index contributed by atoms with van der Waals surface area (Å²) in [5, 5.41) is 7.89. The van der Waals surface area contributed by atoms with Crippen molar-refractivity contribution in [3.8, 4) is 11.5 Å². The smallest absolute Gasteiger partial charge is 0.318 e. The molecule has 0 N–H and O–H groups in total. The fourth-order valence-corrected chi connectivity index (χ4v) is 3.20. The van der Waals surface area contributed by atoms with E-state index in [-0.39, 0.29) is 5.91 Å². The summed E-state index contributed by atoms with van der Waals surface area (Å²) in [7, 11) is 3.25. The Morgan fingerprint density at radius 3 is 2.48 bits per heavy atom. The molecule has 0 radical (unpaired) electrons. The Morgan fingerprint density at radius 2 is 1.85 bits per heavy atom. The van der Waals surface area contributed by atoms with E-state index in [0.29, 0.717) is 56.0 Å². The number of anilines is 1. The first kappa shape index (κ1) is 19.0. The summed E-state index contributed by atoms with van der Waals surface area (Å²) >= 11 is 0. The first-order valence-corrected chi connectivity index (χ1v) is 9.14. The van der Waals surface area contributed by atoms with Crippen molar-refractivity contribution in [3.05, 3.63) is 29.7 Å². The average Bonchev–Trinajstić information content (AvgIpc) is 3.14. The molecule has 0 spiro atoms. The number of ether oxygens (including phenoxy) is 2. The molecule has 1 amide bonds. The Hall–Kier alpha value is -2.77. The lowest BCUT2D eigenvalue weighted by Gasteiger charge is -2.33. The van der Waals surface area contributed by atoms with Crippen LogP contribution in [0.2, 0.25) is 0 Å². The number of benzene rings is 1. The van der Waals surface area contributed by atoms with Crippen molar-refractivity contribution in [3.63, 3.8) is 0 Å². The van der Waals surface area contributed by atoms with Crippen molar-refractivity contribution >= 4 is 11.9 Å². The molecule has 2 heterocycles. The van der Waals surface area contributed by atoms with Crippen LogP contribution in [0.5, 0.6) is 11.5 Å². The number of nitrogens with zero attached hydrogens (tertiary/aromatic N) is 4. The minimum atomic E-state index is 0.192. The zero-order chi connectivity index (χ0) is 19.2. The van der Waals surface area contributed by atoms with Crippen LogP contribution < -0.4 is 14.4 Å². The Bertz CT molecular complexity index is 769. The molecule has 8 nitrogen and oxygen atoms in total. The molecule has 1 fully saturated rings. The van der Waals surface area contributed by atoms with Gasteiger partial charge < -0.3 is 23.7 Å². The fraction of sp³-hybridized carbons (Fsp3) is 0.526. The van der Waals surface area contributed by atoms with Crippen LogP contribution >= 0.6 is 0 Å². The zero-order valence-corrected chi connectivity index (χ0v) is 16.1. The highest BCUT2D eigenvalue weighted by Gasteiger charge is 2.23. The van der Waals surface area contributed by atoms with Crippen molar-refractivity contribution in [2.75, 3.05) is 45.3 Å². The number of carbonyl (C=O) groups excluding carboxylic acids is 1. The molecule has 0 unspecified atom stereocenters. The Kier molecular flexibility index (Phi) is 6.16. The minimum absolute atomic E-state index is 0.192. The second-order valence-electron chi connectivity index (χ2n) is 6.51. The first-order valence-electron chi connectivity index (χ1n) is 9.14. The molecule has 1 aliphatic heterocycles. The number of amides is 1. The van der Waals surface area contributed by atoms with Gasteiger partial charge in [-0.25, -0.2) is 0 Å². The van der Waals surface area contributed by atoms with Gasteiger partial charge in [0.15, 0.2) is 11.5 Å². The predicted octanol–water partition coefficient (Wildman–Crippen LogP) is 2.07. The van der Waals surface area contributed by atoms with Gasteiger partial charge in [0.05, 0.1) is 14.2 Å². The maximum atomic E-state index is 12.5. The van der Waals surface area contributed by atoms with Crippen LogP contribution in [0, 0.1) is 6.92 Å². The van der Waals surface area contributed by atoms with Crippen molar-refractivity contribution < 1.29 is 18.7 Å². The minimum Gasteiger partial charge on any atom is -0.493 e. The number of rotatable bonds is 7. The molecule has 1 saturated heterocycles. The van der Waals surface area contributed by atoms with Crippen molar-refractivity contribution in [2.24, 2.45) is 0 Å². The van der Waals surface area contributed by atoms with E-state index in [2.05, 4.69) is 10.2 Å². The van der Waals surface area contributed by atoms with E-state index >= 15 is 0 Å². The van der Waals surface area contributed by atoms with E-state index in [1.54, 1.807) is 21.1 Å². The summed E-state index contributed by atoms with van der Waals surface area (Å²) in [5.74, 6) is 2.18. The number of methoxy groups -OCH3 is 2. The fourth-order valence-electron chi connectivity index (χ4n) is 3.20. The second-order valence-corrected chi connectivity index (χ2v) is 6.51. The van der Waals surface area contributed by atoms with Crippen LogP contribution in [0.25, 0.3) is 0 Å². The monoisotopic (exact) mass is 374 g/mol. The van der Waals surface area contributed by atoms with Gasteiger partial charge in [-0.2, -0.15) is 0 Å². The van der Waals surface area contributed by atoms with E-state index in [9.17, 15) is 4.79 Å². The molecule has 0 aliphatic carbocycles. The Labute approximate surface area is 159 Å². The van der Waals surface area contributed by atoms with Gasteiger partial charge in [0.2, 0.25) is 11.8 Å². The third-order valence-electron chi connectivity index (χ3n) is 4.72. The molecule has 3 rings (SSSR count). The van der Waals surface area contributed by atoms with Gasteiger partial charge in [0.25, 0.3) is 0 Å². The molecule has 27 heavy (non-hydrogen) atoms. The molecule has 1 aliphatic rings. The summed E-state index contributed by atoms with van der Waals surface area (Å²) in [4.78, 5) is 16.4. The summed E-state index contributed by atoms with van der Waals surface area (Å²) in [6, 6.07) is 6.41. The molecule has 8 heteroatoms. The Morgan fingerprint density at radius 1 is 1.11 bits per heavy atom. The van der Waals surface area contributed by atoms with Crippen LogP contribution in [-0.4, -0.2) is 61.4 Å². The topological polar surface area (TPSA) is 80.9 Å². The SMILES string of the molecule is COc1ccc(CCCC(=O)N2CCN(c3nnc(C)o3)CC2)cc1OC. The van der Waals surface area contributed by atoms with Crippen molar-refractivity contribution in [1.82, 2.24) is 15.1 Å². The van der Waals surface area contributed by atoms with Crippen LogP contribution in [0.1, 0.15) is 24.3 Å². The molecule has 146 valence electrons. The van der Waals surface area contributed by atoms with Crippen LogP contribution in [0.4, 0.5) is 6.01 Å². The van der Waals surface area contributed by atoms with Crippen molar-refractivity contribution in [1.29, 1.82) is 0 Å². The summed E-state index contributed by atoms with van der Waals surface area (Å²) < 4.78 is 16.0. The molecule has 0 bridgehead atoms. The highest BCUT2D eigenvalue weighted by Crippen LogP contribution is 2.28.